The van der Waals surface area contributed by atoms with E-state index in [-0.39, 0.29) is 11.8 Å². The average molecular weight is 324 g/mol. The molecule has 0 unspecified atom stereocenters. The highest BCUT2D eigenvalue weighted by Gasteiger charge is 2.27. The van der Waals surface area contributed by atoms with Crippen LogP contribution < -0.4 is 10.2 Å². The van der Waals surface area contributed by atoms with Crippen molar-refractivity contribution in [3.05, 3.63) is 47.3 Å². The molecule has 3 rings (SSSR count). The Hall–Kier alpha value is -2.43. The van der Waals surface area contributed by atoms with Crippen molar-refractivity contribution in [3.63, 3.8) is 0 Å². The van der Waals surface area contributed by atoms with Gasteiger partial charge in [-0.15, -0.1) is 0 Å². The van der Waals surface area contributed by atoms with Crippen LogP contribution in [0.3, 0.4) is 0 Å². The summed E-state index contributed by atoms with van der Waals surface area (Å²) in [6.07, 6.45) is 3.65. The Bertz CT molecular complexity index is 744. The number of amides is 1. The number of hydrogen-bond donors (Lipinski definition) is 1. The summed E-state index contributed by atoms with van der Waals surface area (Å²) < 4.78 is 0. The number of carbonyl (C=O) groups excluding carboxylic acids is 1. The lowest BCUT2D eigenvalue weighted by atomic mass is 9.97. The quantitative estimate of drug-likeness (QED) is 0.941. The summed E-state index contributed by atoms with van der Waals surface area (Å²) in [6.45, 7) is 7.65. The predicted octanol–water partition coefficient (Wildman–Crippen LogP) is 3.26. The molecule has 24 heavy (non-hydrogen) atoms. The van der Waals surface area contributed by atoms with E-state index < -0.39 is 0 Å². The molecule has 1 atom stereocenters. The van der Waals surface area contributed by atoms with Crippen molar-refractivity contribution in [1.29, 1.82) is 0 Å². The van der Waals surface area contributed by atoms with Gasteiger partial charge in [0.25, 0.3) is 0 Å². The third-order valence-corrected chi connectivity index (χ3v) is 4.63. The van der Waals surface area contributed by atoms with Crippen LogP contribution in [-0.2, 0) is 4.79 Å². The lowest BCUT2D eigenvalue weighted by Gasteiger charge is -2.32. The third-order valence-electron chi connectivity index (χ3n) is 4.63. The lowest BCUT2D eigenvalue weighted by Crippen LogP contribution is -2.41. The molecule has 1 amide bonds. The van der Waals surface area contributed by atoms with Gasteiger partial charge in [0.1, 0.15) is 0 Å². The molecule has 1 aliphatic rings. The van der Waals surface area contributed by atoms with Crippen LogP contribution in [-0.4, -0.2) is 29.0 Å². The normalized spacial score (nSPS) is 17.6. The van der Waals surface area contributed by atoms with Crippen LogP contribution in [0.1, 0.15) is 29.7 Å². The van der Waals surface area contributed by atoms with Gasteiger partial charge in [0.2, 0.25) is 11.9 Å². The van der Waals surface area contributed by atoms with Crippen LogP contribution in [0.25, 0.3) is 0 Å². The second-order valence-electron chi connectivity index (χ2n) is 6.57. The minimum Gasteiger partial charge on any atom is -0.340 e. The number of hydrogen-bond acceptors (Lipinski definition) is 4. The van der Waals surface area contributed by atoms with Gasteiger partial charge in [-0.2, -0.15) is 0 Å². The SMILES string of the molecule is Cc1ccnc(N2CCC[C@@H](C(=O)Nc3ccc(C)c(C)c3)C2)n1. The molecule has 5 nitrogen and oxygen atoms in total. The molecule has 1 aromatic heterocycles. The zero-order valence-electron chi connectivity index (χ0n) is 14.5. The number of piperidine rings is 1. The van der Waals surface area contributed by atoms with Crippen molar-refractivity contribution in [2.45, 2.75) is 33.6 Å². The number of aromatic nitrogens is 2. The van der Waals surface area contributed by atoms with Crippen molar-refractivity contribution in [2.24, 2.45) is 5.92 Å². The number of rotatable bonds is 3. The van der Waals surface area contributed by atoms with Crippen molar-refractivity contribution >= 4 is 17.5 Å². The van der Waals surface area contributed by atoms with Gasteiger partial charge in [-0.05, 0) is 62.9 Å². The predicted molar refractivity (Wildman–Crippen MR) is 96.3 cm³/mol. The van der Waals surface area contributed by atoms with Gasteiger partial charge in [-0.1, -0.05) is 6.07 Å². The number of benzene rings is 1. The molecule has 126 valence electrons. The zero-order chi connectivity index (χ0) is 17.1. The molecule has 1 saturated heterocycles. The first-order valence-electron chi connectivity index (χ1n) is 8.45. The number of aryl methyl sites for hydroxylation is 3. The smallest absolute Gasteiger partial charge is 0.229 e. The topological polar surface area (TPSA) is 58.1 Å². The van der Waals surface area contributed by atoms with E-state index >= 15 is 0 Å². The highest BCUT2D eigenvalue weighted by Crippen LogP contribution is 2.22. The first-order chi connectivity index (χ1) is 11.5. The van der Waals surface area contributed by atoms with Crippen LogP contribution in [0.15, 0.2) is 30.5 Å². The lowest BCUT2D eigenvalue weighted by molar-refractivity contribution is -0.120. The second kappa shape index (κ2) is 6.99. The van der Waals surface area contributed by atoms with Crippen LogP contribution in [0, 0.1) is 26.7 Å². The largest absolute Gasteiger partial charge is 0.340 e. The van der Waals surface area contributed by atoms with Gasteiger partial charge in [-0.3, -0.25) is 4.79 Å². The van der Waals surface area contributed by atoms with Crippen LogP contribution in [0.5, 0.6) is 0 Å². The van der Waals surface area contributed by atoms with Crippen molar-refractivity contribution in [1.82, 2.24) is 9.97 Å². The van der Waals surface area contributed by atoms with Gasteiger partial charge >= 0.3 is 0 Å². The fourth-order valence-corrected chi connectivity index (χ4v) is 3.02. The fourth-order valence-electron chi connectivity index (χ4n) is 3.02. The Morgan fingerprint density at radius 3 is 2.79 bits per heavy atom. The Kier molecular flexibility index (Phi) is 4.79. The van der Waals surface area contributed by atoms with E-state index in [1.54, 1.807) is 6.20 Å². The summed E-state index contributed by atoms with van der Waals surface area (Å²) >= 11 is 0. The molecule has 0 bridgehead atoms. The molecule has 0 radical (unpaired) electrons. The molecule has 0 aliphatic carbocycles. The maximum absolute atomic E-state index is 12.6. The minimum atomic E-state index is -0.0375. The molecule has 1 aromatic carbocycles. The number of carbonyl (C=O) groups is 1. The Morgan fingerprint density at radius 1 is 1.21 bits per heavy atom. The molecular weight excluding hydrogens is 300 g/mol. The van der Waals surface area contributed by atoms with Gasteiger partial charge in [0.05, 0.1) is 5.92 Å². The van der Waals surface area contributed by atoms with Crippen LogP contribution >= 0.6 is 0 Å². The van der Waals surface area contributed by atoms with E-state index in [1.807, 2.05) is 31.2 Å². The summed E-state index contributed by atoms with van der Waals surface area (Å²) in [5, 5.41) is 3.06. The average Bonchev–Trinajstić information content (AvgIpc) is 2.58. The molecule has 1 N–H and O–H groups in total. The number of nitrogens with one attached hydrogen (secondary N) is 1. The summed E-state index contributed by atoms with van der Waals surface area (Å²) in [4.78, 5) is 23.6. The van der Waals surface area contributed by atoms with E-state index in [0.717, 1.165) is 36.7 Å². The standard InChI is InChI=1S/C19H24N4O/c1-13-6-7-17(11-14(13)2)22-18(24)16-5-4-10-23(12-16)19-20-9-8-15(3)21-19/h6-9,11,16H,4-5,10,12H2,1-3H3,(H,22,24)/t16-/m1/s1. The van der Waals surface area contributed by atoms with Crippen molar-refractivity contribution < 1.29 is 4.79 Å². The maximum Gasteiger partial charge on any atom is 0.229 e. The number of nitrogens with zero attached hydrogens (tertiary/aromatic N) is 3. The van der Waals surface area contributed by atoms with E-state index in [4.69, 9.17) is 0 Å². The fraction of sp³-hybridized carbons (Fsp3) is 0.421. The Labute approximate surface area is 143 Å². The molecule has 2 aromatic rings. The van der Waals surface area contributed by atoms with E-state index in [9.17, 15) is 4.79 Å². The molecule has 0 saturated carbocycles. The summed E-state index contributed by atoms with van der Waals surface area (Å²) in [7, 11) is 0. The maximum atomic E-state index is 12.6. The Morgan fingerprint density at radius 2 is 2.04 bits per heavy atom. The number of anilines is 2. The zero-order valence-corrected chi connectivity index (χ0v) is 14.5. The van der Waals surface area contributed by atoms with Crippen LogP contribution in [0.2, 0.25) is 0 Å². The Balaban J connectivity index is 1.67. The third kappa shape index (κ3) is 3.72. The first-order valence-corrected chi connectivity index (χ1v) is 8.45. The summed E-state index contributed by atoms with van der Waals surface area (Å²) in [6, 6.07) is 7.91. The summed E-state index contributed by atoms with van der Waals surface area (Å²) in [5.41, 5.74) is 4.23. The molecule has 0 spiro atoms. The van der Waals surface area contributed by atoms with E-state index in [1.165, 1.54) is 11.1 Å². The van der Waals surface area contributed by atoms with Gasteiger partial charge in [-0.25, -0.2) is 9.97 Å². The van der Waals surface area contributed by atoms with E-state index in [0.29, 0.717) is 6.54 Å². The monoisotopic (exact) mass is 324 g/mol. The van der Waals surface area contributed by atoms with Crippen molar-refractivity contribution in [2.75, 3.05) is 23.3 Å². The molecule has 1 fully saturated rings. The molecular formula is C19H24N4O. The van der Waals surface area contributed by atoms with Gasteiger partial charge in [0.15, 0.2) is 0 Å². The van der Waals surface area contributed by atoms with Gasteiger partial charge in [0, 0.05) is 30.7 Å². The van der Waals surface area contributed by atoms with Crippen molar-refractivity contribution in [3.8, 4) is 0 Å². The molecule has 1 aliphatic heterocycles. The van der Waals surface area contributed by atoms with E-state index in [2.05, 4.69) is 34.0 Å². The summed E-state index contributed by atoms with van der Waals surface area (Å²) in [5.74, 6) is 0.763. The minimum absolute atomic E-state index is 0.0375. The van der Waals surface area contributed by atoms with Gasteiger partial charge < -0.3 is 10.2 Å². The van der Waals surface area contributed by atoms with Crippen LogP contribution in [0.4, 0.5) is 11.6 Å². The molecule has 2 heterocycles. The highest BCUT2D eigenvalue weighted by molar-refractivity contribution is 5.93. The highest BCUT2D eigenvalue weighted by atomic mass is 16.1. The molecule has 5 heteroatoms. The first kappa shape index (κ1) is 16.4. The second-order valence-corrected chi connectivity index (χ2v) is 6.57.